The molecule has 0 amide bonds. The van der Waals surface area contributed by atoms with Crippen molar-refractivity contribution in [1.82, 2.24) is 0 Å². The molecule has 2 nitrogen and oxygen atoms in total. The number of rotatable bonds is 5. The van der Waals surface area contributed by atoms with Crippen LogP contribution < -0.4 is 4.90 Å². The number of fused-ring (bicyclic) bond motifs is 1. The zero-order chi connectivity index (χ0) is 25.3. The highest BCUT2D eigenvalue weighted by atomic mass is 16.3. The van der Waals surface area contributed by atoms with Gasteiger partial charge in [-0.3, -0.25) is 0 Å². The Labute approximate surface area is 207 Å². The van der Waals surface area contributed by atoms with Crippen LogP contribution in [-0.2, 0) is 0 Å². The molecule has 0 aliphatic rings. The van der Waals surface area contributed by atoms with Gasteiger partial charge in [0.25, 0.3) is 0 Å². The van der Waals surface area contributed by atoms with Crippen molar-refractivity contribution in [2.24, 2.45) is 0 Å². The summed E-state index contributed by atoms with van der Waals surface area (Å²) >= 11 is 0. The van der Waals surface area contributed by atoms with Crippen LogP contribution in [0.5, 0.6) is 0 Å². The monoisotopic (exact) mass is 455 g/mol. The van der Waals surface area contributed by atoms with Crippen molar-refractivity contribution in [3.63, 3.8) is 0 Å². The predicted molar refractivity (Wildman–Crippen MR) is 153 cm³/mol. The Bertz CT molecular complexity index is 1080. The Kier molecular flexibility index (Phi) is 13.5. The molecule has 0 radical (unpaired) electrons. The molecule has 0 bridgehead atoms. The zero-order valence-corrected chi connectivity index (χ0v) is 22.2. The maximum absolute atomic E-state index is 5.96. The predicted octanol–water partition coefficient (Wildman–Crippen LogP) is 11.0. The zero-order valence-electron chi connectivity index (χ0n) is 22.2. The van der Waals surface area contributed by atoms with Crippen LogP contribution in [0.3, 0.4) is 0 Å². The van der Waals surface area contributed by atoms with Crippen LogP contribution in [-0.4, -0.2) is 0 Å². The topological polar surface area (TPSA) is 16.4 Å². The van der Waals surface area contributed by atoms with Gasteiger partial charge in [0.15, 0.2) is 0 Å². The molecule has 180 valence electrons. The second-order valence-electron chi connectivity index (χ2n) is 6.98. The molecular weight excluding hydrogens is 414 g/mol. The average Bonchev–Trinajstić information content (AvgIpc) is 3.31. The van der Waals surface area contributed by atoms with Gasteiger partial charge in [0, 0.05) is 22.4 Å². The largest absolute Gasteiger partial charge is 0.457 e. The Morgan fingerprint density at radius 2 is 1.18 bits per heavy atom. The van der Waals surface area contributed by atoms with Gasteiger partial charge in [-0.25, -0.2) is 0 Å². The van der Waals surface area contributed by atoms with Gasteiger partial charge in [-0.2, -0.15) is 0 Å². The molecule has 0 atom stereocenters. The molecule has 0 fully saturated rings. The van der Waals surface area contributed by atoms with E-state index in [1.54, 1.807) is 0 Å². The van der Waals surface area contributed by atoms with E-state index in [1.807, 2.05) is 71.9 Å². The minimum atomic E-state index is 0.857. The van der Waals surface area contributed by atoms with Gasteiger partial charge in [-0.1, -0.05) is 95.7 Å². The van der Waals surface area contributed by atoms with E-state index in [0.717, 1.165) is 33.8 Å². The quantitative estimate of drug-likeness (QED) is 0.278. The molecule has 1 aromatic heterocycles. The normalized spacial score (nSPS) is 9.65. The summed E-state index contributed by atoms with van der Waals surface area (Å²) in [5, 5.41) is 1.09. The van der Waals surface area contributed by atoms with Crippen molar-refractivity contribution >= 4 is 34.1 Å². The van der Waals surface area contributed by atoms with Gasteiger partial charge in [0.2, 0.25) is 0 Å². The number of furan rings is 1. The summed E-state index contributed by atoms with van der Waals surface area (Å²) in [6, 6.07) is 29.2. The first-order valence-electron chi connectivity index (χ1n) is 12.5. The third-order valence-corrected chi connectivity index (χ3v) is 4.50. The molecule has 4 aromatic rings. The third-order valence-electron chi connectivity index (χ3n) is 4.50. The minimum absolute atomic E-state index is 0.857. The molecule has 1 heterocycles. The van der Waals surface area contributed by atoms with E-state index in [-0.39, 0.29) is 0 Å². The van der Waals surface area contributed by atoms with Crippen molar-refractivity contribution in [1.29, 1.82) is 0 Å². The first-order chi connectivity index (χ1) is 16.7. The maximum atomic E-state index is 5.96. The number of para-hydroxylation sites is 2. The fourth-order valence-electron chi connectivity index (χ4n) is 3.21. The lowest BCUT2D eigenvalue weighted by Gasteiger charge is -2.25. The summed E-state index contributed by atoms with van der Waals surface area (Å²) in [4.78, 5) is 2.26. The van der Waals surface area contributed by atoms with Gasteiger partial charge >= 0.3 is 0 Å². The van der Waals surface area contributed by atoms with Crippen LogP contribution in [0.25, 0.3) is 17.0 Å². The van der Waals surface area contributed by atoms with E-state index >= 15 is 0 Å². The van der Waals surface area contributed by atoms with E-state index in [4.69, 9.17) is 4.42 Å². The van der Waals surface area contributed by atoms with Crippen molar-refractivity contribution in [3.8, 4) is 0 Å². The molecule has 0 saturated heterocycles. The lowest BCUT2D eigenvalue weighted by Crippen LogP contribution is -2.09. The molecule has 3 aromatic carbocycles. The lowest BCUT2D eigenvalue weighted by atomic mass is 10.1. The van der Waals surface area contributed by atoms with Gasteiger partial charge in [0.1, 0.15) is 11.3 Å². The highest BCUT2D eigenvalue weighted by Crippen LogP contribution is 2.36. The molecule has 0 unspecified atom stereocenters. The number of hydrogen-bond acceptors (Lipinski definition) is 2. The van der Waals surface area contributed by atoms with Gasteiger partial charge in [-0.15, -0.1) is 0 Å². The van der Waals surface area contributed by atoms with E-state index in [1.165, 1.54) is 5.57 Å². The number of benzene rings is 3. The maximum Gasteiger partial charge on any atom is 0.134 e. The van der Waals surface area contributed by atoms with E-state index < -0.39 is 0 Å². The van der Waals surface area contributed by atoms with Crippen molar-refractivity contribution in [2.75, 3.05) is 4.90 Å². The van der Waals surface area contributed by atoms with Crippen LogP contribution in [0.2, 0.25) is 0 Å². The van der Waals surface area contributed by atoms with E-state index in [0.29, 0.717) is 0 Å². The number of nitrogens with zero attached hydrogens (tertiary/aromatic N) is 1. The average molecular weight is 456 g/mol. The molecule has 4 rings (SSSR count). The molecule has 0 aliphatic carbocycles. The smallest absolute Gasteiger partial charge is 0.134 e. The van der Waals surface area contributed by atoms with Gasteiger partial charge < -0.3 is 9.32 Å². The van der Waals surface area contributed by atoms with Crippen molar-refractivity contribution in [3.05, 3.63) is 108 Å². The molecule has 0 spiro atoms. The second kappa shape index (κ2) is 16.1. The van der Waals surface area contributed by atoms with Gasteiger partial charge in [0.05, 0.1) is 0 Å². The Morgan fingerprint density at radius 3 is 1.68 bits per heavy atom. The number of allylic oxidation sites excluding steroid dienone is 3. The molecule has 2 heteroatoms. The number of anilines is 3. The summed E-state index contributed by atoms with van der Waals surface area (Å²) in [5.41, 5.74) is 5.50. The highest BCUT2D eigenvalue weighted by Gasteiger charge is 2.13. The molecule has 34 heavy (non-hydrogen) atoms. The minimum Gasteiger partial charge on any atom is -0.457 e. The van der Waals surface area contributed by atoms with E-state index in [9.17, 15) is 0 Å². The summed E-state index contributed by atoms with van der Waals surface area (Å²) in [7, 11) is 0. The molecule has 0 aliphatic heterocycles. The van der Waals surface area contributed by atoms with Crippen LogP contribution in [0.1, 0.15) is 61.2 Å². The van der Waals surface area contributed by atoms with Crippen LogP contribution in [0, 0.1) is 0 Å². The lowest BCUT2D eigenvalue weighted by molar-refractivity contribution is 0.604. The summed E-state index contributed by atoms with van der Waals surface area (Å²) in [6.07, 6.45) is 6.10. The Balaban J connectivity index is 0.000000894. The summed E-state index contributed by atoms with van der Waals surface area (Å²) in [5.74, 6) is 0.857. The fourth-order valence-corrected chi connectivity index (χ4v) is 3.21. The Morgan fingerprint density at radius 1 is 0.647 bits per heavy atom. The van der Waals surface area contributed by atoms with Crippen molar-refractivity contribution < 1.29 is 4.42 Å². The standard InChI is InChI=1S/C26H23NO.3C2H6/c1-20(2)10-9-15-25-19-21-18-24(16-17-26(21)28-25)27(22-11-5-3-6-12-22)23-13-7-4-8-14-23;3*1-2/h3-19H,1-2H3;3*1-2H3. The SMILES string of the molecule is CC.CC.CC.CC(C)=CC=Cc1cc2cc(N(c3ccccc3)c3ccccc3)ccc2o1. The summed E-state index contributed by atoms with van der Waals surface area (Å²) in [6.45, 7) is 16.2. The second-order valence-corrected chi connectivity index (χ2v) is 6.98. The van der Waals surface area contributed by atoms with E-state index in [2.05, 4.69) is 91.6 Å². The van der Waals surface area contributed by atoms with Crippen molar-refractivity contribution in [2.45, 2.75) is 55.4 Å². The Hall–Kier alpha value is -3.52. The van der Waals surface area contributed by atoms with Gasteiger partial charge in [-0.05, 0) is 68.5 Å². The molecule has 0 N–H and O–H groups in total. The third kappa shape index (κ3) is 8.12. The number of hydrogen-bond donors (Lipinski definition) is 0. The van der Waals surface area contributed by atoms with Crippen LogP contribution in [0.15, 0.2) is 107 Å². The molecule has 0 saturated carbocycles. The first-order valence-corrected chi connectivity index (χ1v) is 12.5. The van der Waals surface area contributed by atoms with Crippen LogP contribution in [0.4, 0.5) is 17.1 Å². The van der Waals surface area contributed by atoms with Crippen LogP contribution >= 0.6 is 0 Å². The molecular formula is C32H41NO. The fraction of sp³-hybridized carbons (Fsp3) is 0.250. The summed E-state index contributed by atoms with van der Waals surface area (Å²) < 4.78 is 5.96. The first kappa shape index (κ1) is 28.5. The highest BCUT2D eigenvalue weighted by molar-refractivity contribution is 5.87.